The zero-order valence-corrected chi connectivity index (χ0v) is 16.3. The molecule has 2 aromatic rings. The highest BCUT2D eigenvalue weighted by Crippen LogP contribution is 2.48. The molecule has 0 aliphatic carbocycles. The highest BCUT2D eigenvalue weighted by atomic mass is 16.6. The van der Waals surface area contributed by atoms with Crippen LogP contribution in [0.4, 0.5) is 5.69 Å². The van der Waals surface area contributed by atoms with Crippen molar-refractivity contribution >= 4 is 11.7 Å². The van der Waals surface area contributed by atoms with Crippen molar-refractivity contribution in [1.82, 2.24) is 0 Å². The Hall–Kier alpha value is -3.29. The number of phenols is 1. The third-order valence-corrected chi connectivity index (χ3v) is 5.32. The second-order valence-electron chi connectivity index (χ2n) is 6.85. The second-order valence-corrected chi connectivity index (χ2v) is 6.85. The Balaban J connectivity index is 2.13. The number of ether oxygens (including phenoxy) is 2. The molecule has 0 fully saturated rings. The first-order valence-corrected chi connectivity index (χ1v) is 9.54. The average Bonchev–Trinajstić information content (AvgIpc) is 2.70. The largest absolute Gasteiger partial charge is 0.506 e. The summed E-state index contributed by atoms with van der Waals surface area (Å²) in [4.78, 5) is 24.2. The first-order chi connectivity index (χ1) is 13.9. The topological polar surface area (TPSA) is 111 Å². The van der Waals surface area contributed by atoms with Crippen LogP contribution in [-0.2, 0) is 9.53 Å². The molecule has 1 heterocycles. The maximum Gasteiger partial charge on any atom is 0.309 e. The monoisotopic (exact) mass is 400 g/mol. The molecular formula is C21H24N2O6. The van der Waals surface area contributed by atoms with Crippen molar-refractivity contribution in [3.63, 3.8) is 0 Å². The number of carbonyl (C=O) groups excluding carboxylic acids is 1. The fourth-order valence-corrected chi connectivity index (χ4v) is 3.86. The Kier molecular flexibility index (Phi) is 5.91. The smallest absolute Gasteiger partial charge is 0.309 e. The van der Waals surface area contributed by atoms with Crippen LogP contribution in [0.15, 0.2) is 48.5 Å². The molecule has 2 aromatic carbocycles. The molecule has 8 heteroatoms. The van der Waals surface area contributed by atoms with Crippen LogP contribution < -0.4 is 10.1 Å². The number of esters is 1. The molecule has 3 atom stereocenters. The molecule has 29 heavy (non-hydrogen) atoms. The fraction of sp³-hybridized carbons (Fsp3) is 0.381. The van der Waals surface area contributed by atoms with Gasteiger partial charge in [0.1, 0.15) is 17.5 Å². The van der Waals surface area contributed by atoms with E-state index in [9.17, 15) is 20.0 Å². The minimum absolute atomic E-state index is 0.0215. The maximum absolute atomic E-state index is 12.4. The Morgan fingerprint density at radius 1 is 1.24 bits per heavy atom. The Morgan fingerprint density at radius 3 is 2.59 bits per heavy atom. The fourth-order valence-electron chi connectivity index (χ4n) is 3.86. The van der Waals surface area contributed by atoms with Gasteiger partial charge in [-0.3, -0.25) is 14.9 Å². The molecule has 0 radical (unpaired) electrons. The highest BCUT2D eigenvalue weighted by molar-refractivity contribution is 5.70. The Morgan fingerprint density at radius 2 is 1.93 bits per heavy atom. The number of para-hydroxylation sites is 3. The summed E-state index contributed by atoms with van der Waals surface area (Å²) < 4.78 is 11.0. The predicted molar refractivity (Wildman–Crippen MR) is 107 cm³/mol. The molecule has 0 saturated heterocycles. The van der Waals surface area contributed by atoms with E-state index in [1.165, 1.54) is 6.07 Å². The van der Waals surface area contributed by atoms with E-state index in [-0.39, 0.29) is 30.1 Å². The first kappa shape index (κ1) is 20.4. The number of nitrogens with zero attached hydrogens (tertiary/aromatic N) is 1. The molecule has 3 rings (SSSR count). The standard InChI is InChI=1S/C21H24N2O6/c1-3-21(23(26)27)18(13-19(25)28-4-2)29-17-12-8-5-9-14(17)20(21)22-15-10-6-7-11-16(15)24/h5-12,18,20,22,24H,3-4,13H2,1-2H3/t18-,20-,21-/m0/s1. The third-order valence-electron chi connectivity index (χ3n) is 5.32. The summed E-state index contributed by atoms with van der Waals surface area (Å²) in [5, 5.41) is 25.8. The highest BCUT2D eigenvalue weighted by Gasteiger charge is 2.61. The van der Waals surface area contributed by atoms with E-state index >= 15 is 0 Å². The van der Waals surface area contributed by atoms with Gasteiger partial charge in [0.2, 0.25) is 0 Å². The van der Waals surface area contributed by atoms with E-state index in [0.717, 1.165) is 0 Å². The minimum atomic E-state index is -1.65. The molecule has 1 aliphatic rings. The SMILES string of the molecule is CCOC(=O)C[C@@H]1Oc2ccccc2[C@H](Nc2ccccc2O)[C@@]1(CC)[N+](=O)[O-]. The molecule has 154 valence electrons. The van der Waals surface area contributed by atoms with E-state index in [2.05, 4.69) is 5.32 Å². The van der Waals surface area contributed by atoms with Crippen LogP contribution in [-0.4, -0.2) is 34.2 Å². The summed E-state index contributed by atoms with van der Waals surface area (Å²) in [6.45, 7) is 3.55. The number of benzene rings is 2. The lowest BCUT2D eigenvalue weighted by atomic mass is 9.75. The van der Waals surface area contributed by atoms with Gasteiger partial charge in [-0.2, -0.15) is 0 Å². The normalized spacial score (nSPS) is 22.8. The van der Waals surface area contributed by atoms with Gasteiger partial charge in [-0.25, -0.2) is 0 Å². The molecule has 1 aliphatic heterocycles. The van der Waals surface area contributed by atoms with Gasteiger partial charge in [0, 0.05) is 16.9 Å². The quantitative estimate of drug-likeness (QED) is 0.316. The van der Waals surface area contributed by atoms with Gasteiger partial charge < -0.3 is 19.9 Å². The van der Waals surface area contributed by atoms with Gasteiger partial charge in [0.15, 0.2) is 6.10 Å². The van der Waals surface area contributed by atoms with Crippen LogP contribution in [0.2, 0.25) is 0 Å². The average molecular weight is 400 g/mol. The Labute approximate surface area is 168 Å². The van der Waals surface area contributed by atoms with Crippen molar-refractivity contribution in [2.45, 2.75) is 44.4 Å². The van der Waals surface area contributed by atoms with Crippen molar-refractivity contribution in [2.24, 2.45) is 0 Å². The number of phenolic OH excluding ortho intramolecular Hbond substituents is 1. The number of carbonyl (C=O) groups is 1. The summed E-state index contributed by atoms with van der Waals surface area (Å²) in [7, 11) is 0. The summed E-state index contributed by atoms with van der Waals surface area (Å²) >= 11 is 0. The number of anilines is 1. The second kappa shape index (κ2) is 8.38. The van der Waals surface area contributed by atoms with Crippen LogP contribution in [0.3, 0.4) is 0 Å². The van der Waals surface area contributed by atoms with E-state index in [1.807, 2.05) is 0 Å². The number of nitro groups is 1. The van der Waals surface area contributed by atoms with E-state index in [1.54, 1.807) is 56.3 Å². The maximum atomic E-state index is 12.4. The van der Waals surface area contributed by atoms with Gasteiger partial charge in [0.05, 0.1) is 18.7 Å². The van der Waals surface area contributed by atoms with Crippen molar-refractivity contribution < 1.29 is 24.3 Å². The van der Waals surface area contributed by atoms with Gasteiger partial charge in [-0.05, 0) is 25.1 Å². The van der Waals surface area contributed by atoms with Crippen molar-refractivity contribution in [3.05, 3.63) is 64.2 Å². The van der Waals surface area contributed by atoms with Crippen molar-refractivity contribution in [2.75, 3.05) is 11.9 Å². The first-order valence-electron chi connectivity index (χ1n) is 9.54. The molecule has 8 nitrogen and oxygen atoms in total. The lowest BCUT2D eigenvalue weighted by molar-refractivity contribution is -0.587. The number of nitrogens with one attached hydrogen (secondary N) is 1. The molecule has 0 saturated carbocycles. The van der Waals surface area contributed by atoms with Gasteiger partial charge in [0.25, 0.3) is 5.54 Å². The third kappa shape index (κ3) is 3.70. The molecule has 2 N–H and O–H groups in total. The lowest BCUT2D eigenvalue weighted by Gasteiger charge is -2.43. The van der Waals surface area contributed by atoms with Crippen molar-refractivity contribution in [1.29, 1.82) is 0 Å². The van der Waals surface area contributed by atoms with Crippen LogP contribution in [0, 0.1) is 10.1 Å². The number of fused-ring (bicyclic) bond motifs is 1. The summed E-state index contributed by atoms with van der Waals surface area (Å²) in [6, 6.07) is 12.7. The predicted octanol–water partition coefficient (Wildman–Crippen LogP) is 3.69. The Bertz CT molecular complexity index is 902. The molecule has 0 unspecified atom stereocenters. The van der Waals surface area contributed by atoms with Gasteiger partial charge in [-0.15, -0.1) is 0 Å². The van der Waals surface area contributed by atoms with E-state index in [0.29, 0.717) is 17.0 Å². The minimum Gasteiger partial charge on any atom is -0.506 e. The molecule has 0 amide bonds. The van der Waals surface area contributed by atoms with Crippen LogP contribution in [0.1, 0.15) is 38.3 Å². The molecule has 0 bridgehead atoms. The summed E-state index contributed by atoms with van der Waals surface area (Å²) in [6.07, 6.45) is -1.20. The summed E-state index contributed by atoms with van der Waals surface area (Å²) in [5.74, 6) is -0.120. The van der Waals surface area contributed by atoms with Gasteiger partial charge in [-0.1, -0.05) is 37.3 Å². The number of aromatic hydroxyl groups is 1. The van der Waals surface area contributed by atoms with Crippen LogP contribution in [0.25, 0.3) is 0 Å². The lowest BCUT2D eigenvalue weighted by Crippen LogP contribution is -2.60. The molecule has 0 aromatic heterocycles. The van der Waals surface area contributed by atoms with Crippen LogP contribution >= 0.6 is 0 Å². The number of rotatable bonds is 7. The van der Waals surface area contributed by atoms with Crippen LogP contribution in [0.5, 0.6) is 11.5 Å². The summed E-state index contributed by atoms with van der Waals surface area (Å²) in [5.41, 5.74) is -0.693. The van der Waals surface area contributed by atoms with E-state index < -0.39 is 23.7 Å². The van der Waals surface area contributed by atoms with Gasteiger partial charge >= 0.3 is 5.97 Å². The zero-order valence-electron chi connectivity index (χ0n) is 16.3. The molecule has 0 spiro atoms. The van der Waals surface area contributed by atoms with Crippen molar-refractivity contribution in [3.8, 4) is 11.5 Å². The number of hydrogen-bond acceptors (Lipinski definition) is 7. The number of hydrogen-bond donors (Lipinski definition) is 2. The zero-order chi connectivity index (χ0) is 21.0. The van der Waals surface area contributed by atoms with E-state index in [4.69, 9.17) is 9.47 Å². The molecular weight excluding hydrogens is 376 g/mol.